The van der Waals surface area contributed by atoms with Crippen LogP contribution in [0.3, 0.4) is 0 Å². The summed E-state index contributed by atoms with van der Waals surface area (Å²) in [5, 5.41) is 0.0403. The van der Waals surface area contributed by atoms with Crippen LogP contribution >= 0.6 is 11.6 Å². The van der Waals surface area contributed by atoms with E-state index < -0.39 is 5.82 Å². The lowest BCUT2D eigenvalue weighted by molar-refractivity contribution is 0.630. The van der Waals surface area contributed by atoms with E-state index in [2.05, 4.69) is 9.97 Å². The third-order valence-corrected chi connectivity index (χ3v) is 2.16. The minimum absolute atomic E-state index is 0.0403. The average Bonchev–Trinajstić information content (AvgIpc) is 2.22. The fraction of sp³-hybridized carbons (Fsp3) is 0. The highest BCUT2D eigenvalue weighted by atomic mass is 35.5. The normalized spacial score (nSPS) is 10.3. The zero-order chi connectivity index (χ0) is 10.8. The van der Waals surface area contributed by atoms with E-state index in [-0.39, 0.29) is 16.4 Å². The second-order valence-corrected chi connectivity index (χ2v) is 3.31. The Morgan fingerprint density at radius 3 is 2.80 bits per heavy atom. The van der Waals surface area contributed by atoms with Crippen molar-refractivity contribution in [1.29, 1.82) is 0 Å². The van der Waals surface area contributed by atoms with Crippen molar-refractivity contribution in [2.24, 2.45) is 0 Å². The minimum atomic E-state index is -0.537. The zero-order valence-electron chi connectivity index (χ0n) is 7.61. The Labute approximate surface area is 90.7 Å². The van der Waals surface area contributed by atoms with E-state index in [0.717, 1.165) is 0 Å². The molecule has 0 aliphatic heterocycles. The Bertz CT molecular complexity index is 502. The summed E-state index contributed by atoms with van der Waals surface area (Å²) in [6.07, 6.45) is 1.47. The van der Waals surface area contributed by atoms with Crippen LogP contribution in [0.5, 0.6) is 0 Å². The number of nitrogens with zero attached hydrogens (tertiary/aromatic N) is 2. The van der Waals surface area contributed by atoms with Gasteiger partial charge in [-0.1, -0.05) is 17.7 Å². The maximum absolute atomic E-state index is 13.6. The molecule has 1 heterocycles. The Morgan fingerprint density at radius 1 is 1.27 bits per heavy atom. The van der Waals surface area contributed by atoms with Gasteiger partial charge >= 0.3 is 0 Å². The summed E-state index contributed by atoms with van der Waals surface area (Å²) in [5.74, 6) is -0.0147. The number of nitrogen functional groups attached to an aromatic ring is 1. The highest BCUT2D eigenvalue weighted by Crippen LogP contribution is 2.24. The largest absolute Gasteiger partial charge is 0.384 e. The maximum Gasteiger partial charge on any atom is 0.164 e. The molecule has 1 aromatic carbocycles. The van der Waals surface area contributed by atoms with Gasteiger partial charge in [-0.25, -0.2) is 14.4 Å². The maximum atomic E-state index is 13.6. The van der Waals surface area contributed by atoms with Crippen LogP contribution in [0, 0.1) is 5.82 Å². The molecule has 15 heavy (non-hydrogen) atoms. The van der Waals surface area contributed by atoms with Crippen LogP contribution < -0.4 is 5.73 Å². The zero-order valence-corrected chi connectivity index (χ0v) is 8.37. The third-order valence-electron chi connectivity index (χ3n) is 1.87. The van der Waals surface area contributed by atoms with Gasteiger partial charge in [0.15, 0.2) is 11.6 Å². The highest BCUT2D eigenvalue weighted by molar-refractivity contribution is 6.31. The van der Waals surface area contributed by atoms with E-state index in [4.69, 9.17) is 17.3 Å². The van der Waals surface area contributed by atoms with Crippen molar-refractivity contribution < 1.29 is 4.39 Å². The smallest absolute Gasteiger partial charge is 0.164 e. The summed E-state index contributed by atoms with van der Waals surface area (Å²) in [4.78, 5) is 7.84. The van der Waals surface area contributed by atoms with E-state index in [1.807, 2.05) is 0 Å². The molecule has 2 N–H and O–H groups in total. The van der Waals surface area contributed by atoms with Gasteiger partial charge in [-0.3, -0.25) is 0 Å². The Kier molecular flexibility index (Phi) is 2.51. The van der Waals surface area contributed by atoms with Crippen LogP contribution in [0.15, 0.2) is 30.5 Å². The fourth-order valence-corrected chi connectivity index (χ4v) is 1.35. The molecule has 2 rings (SSSR count). The molecular weight excluding hydrogens is 217 g/mol. The molecule has 0 saturated carbocycles. The van der Waals surface area contributed by atoms with Crippen LogP contribution in [0.1, 0.15) is 0 Å². The lowest BCUT2D eigenvalue weighted by Crippen LogP contribution is -1.96. The SMILES string of the molecule is Nc1ccnc(-c2cccc(Cl)c2F)n1. The number of rotatable bonds is 1. The number of aromatic nitrogens is 2. The first-order valence-electron chi connectivity index (χ1n) is 4.21. The molecule has 3 nitrogen and oxygen atoms in total. The molecule has 5 heteroatoms. The van der Waals surface area contributed by atoms with Crippen molar-refractivity contribution in [1.82, 2.24) is 9.97 Å². The summed E-state index contributed by atoms with van der Waals surface area (Å²) in [6.45, 7) is 0. The van der Waals surface area contributed by atoms with E-state index in [9.17, 15) is 4.39 Å². The van der Waals surface area contributed by atoms with Crippen molar-refractivity contribution in [2.75, 3.05) is 5.73 Å². The van der Waals surface area contributed by atoms with E-state index in [1.165, 1.54) is 18.3 Å². The summed E-state index contributed by atoms with van der Waals surface area (Å²) >= 11 is 5.64. The third kappa shape index (κ3) is 1.89. The first-order valence-corrected chi connectivity index (χ1v) is 4.59. The molecule has 0 aliphatic rings. The van der Waals surface area contributed by atoms with E-state index >= 15 is 0 Å². The molecule has 0 saturated heterocycles. The Balaban J connectivity index is 2.59. The van der Waals surface area contributed by atoms with Crippen LogP contribution in [0.25, 0.3) is 11.4 Å². The number of halogens is 2. The molecule has 0 atom stereocenters. The number of hydrogen-bond acceptors (Lipinski definition) is 3. The van der Waals surface area contributed by atoms with E-state index in [0.29, 0.717) is 5.82 Å². The molecule has 0 radical (unpaired) electrons. The van der Waals surface area contributed by atoms with Crippen LogP contribution in [-0.4, -0.2) is 9.97 Å². The molecule has 76 valence electrons. The predicted octanol–water partition coefficient (Wildman–Crippen LogP) is 2.52. The van der Waals surface area contributed by atoms with Crippen molar-refractivity contribution in [3.8, 4) is 11.4 Å². The standard InChI is InChI=1S/C10H7ClFN3/c11-7-3-1-2-6(9(7)12)10-14-5-4-8(13)15-10/h1-5H,(H2,13,14,15). The molecule has 0 amide bonds. The number of nitrogens with two attached hydrogens (primary N) is 1. The van der Waals surface area contributed by atoms with Gasteiger partial charge in [-0.2, -0.15) is 0 Å². The topological polar surface area (TPSA) is 51.8 Å². The van der Waals surface area contributed by atoms with Crippen molar-refractivity contribution >= 4 is 17.4 Å². The van der Waals surface area contributed by atoms with Gasteiger partial charge in [0.1, 0.15) is 5.82 Å². The molecule has 0 bridgehead atoms. The highest BCUT2D eigenvalue weighted by Gasteiger charge is 2.10. The van der Waals surface area contributed by atoms with E-state index in [1.54, 1.807) is 12.1 Å². The first kappa shape index (κ1) is 9.86. The van der Waals surface area contributed by atoms with Crippen molar-refractivity contribution in [2.45, 2.75) is 0 Å². The van der Waals surface area contributed by atoms with Gasteiger partial charge in [0.05, 0.1) is 10.6 Å². The Morgan fingerprint density at radius 2 is 2.07 bits per heavy atom. The van der Waals surface area contributed by atoms with Gasteiger partial charge in [-0.05, 0) is 18.2 Å². The van der Waals surface area contributed by atoms with Crippen LogP contribution in [0.4, 0.5) is 10.2 Å². The fourth-order valence-electron chi connectivity index (χ4n) is 1.18. The summed E-state index contributed by atoms with van der Waals surface area (Å²) in [5.41, 5.74) is 5.72. The quantitative estimate of drug-likeness (QED) is 0.808. The second kappa shape index (κ2) is 3.82. The minimum Gasteiger partial charge on any atom is -0.384 e. The summed E-state index contributed by atoms with van der Waals surface area (Å²) < 4.78 is 13.6. The van der Waals surface area contributed by atoms with Gasteiger partial charge in [0.2, 0.25) is 0 Å². The van der Waals surface area contributed by atoms with Gasteiger partial charge < -0.3 is 5.73 Å². The van der Waals surface area contributed by atoms with Crippen molar-refractivity contribution in [3.63, 3.8) is 0 Å². The molecular formula is C10H7ClFN3. The van der Waals surface area contributed by atoms with Crippen molar-refractivity contribution in [3.05, 3.63) is 41.3 Å². The molecule has 0 fully saturated rings. The molecule has 2 aromatic rings. The van der Waals surface area contributed by atoms with Gasteiger partial charge in [-0.15, -0.1) is 0 Å². The first-order chi connectivity index (χ1) is 7.18. The van der Waals surface area contributed by atoms with Crippen LogP contribution in [0.2, 0.25) is 5.02 Å². The van der Waals surface area contributed by atoms with Crippen LogP contribution in [-0.2, 0) is 0 Å². The summed E-state index contributed by atoms with van der Waals surface area (Å²) in [6, 6.07) is 6.18. The number of hydrogen-bond donors (Lipinski definition) is 1. The summed E-state index contributed by atoms with van der Waals surface area (Å²) in [7, 11) is 0. The van der Waals surface area contributed by atoms with Gasteiger partial charge in [0.25, 0.3) is 0 Å². The lowest BCUT2D eigenvalue weighted by atomic mass is 10.2. The number of benzene rings is 1. The Hall–Kier alpha value is -1.68. The average molecular weight is 224 g/mol. The molecule has 0 spiro atoms. The predicted molar refractivity (Wildman–Crippen MR) is 56.8 cm³/mol. The monoisotopic (exact) mass is 223 g/mol. The van der Waals surface area contributed by atoms with Gasteiger partial charge in [0, 0.05) is 6.20 Å². The number of anilines is 1. The second-order valence-electron chi connectivity index (χ2n) is 2.91. The molecule has 1 aromatic heterocycles. The lowest BCUT2D eigenvalue weighted by Gasteiger charge is -2.03. The molecule has 0 unspecified atom stereocenters. The molecule has 0 aliphatic carbocycles.